The number of hydrogen-bond acceptors (Lipinski definition) is 4. The zero-order valence-corrected chi connectivity index (χ0v) is 14.1. The molecular weight excluding hydrogens is 326 g/mol. The molecule has 0 bridgehead atoms. The van der Waals surface area contributed by atoms with E-state index in [1.807, 2.05) is 6.92 Å². The van der Waals surface area contributed by atoms with Crippen molar-refractivity contribution in [3.63, 3.8) is 0 Å². The van der Waals surface area contributed by atoms with Crippen LogP contribution in [0.2, 0.25) is 0 Å². The van der Waals surface area contributed by atoms with Gasteiger partial charge in [0.1, 0.15) is 0 Å². The summed E-state index contributed by atoms with van der Waals surface area (Å²) in [5.41, 5.74) is 1.02. The number of amides is 1. The van der Waals surface area contributed by atoms with Crippen LogP contribution in [-0.4, -0.2) is 40.0 Å². The van der Waals surface area contributed by atoms with Crippen LogP contribution in [0.1, 0.15) is 18.4 Å². The van der Waals surface area contributed by atoms with Gasteiger partial charge >= 0.3 is 0 Å². The van der Waals surface area contributed by atoms with Crippen molar-refractivity contribution < 1.29 is 13.2 Å². The molecule has 0 saturated carbocycles. The second kappa shape index (κ2) is 8.47. The Morgan fingerprint density at radius 2 is 1.91 bits per heavy atom. The highest BCUT2D eigenvalue weighted by Gasteiger charge is 2.23. The van der Waals surface area contributed by atoms with Crippen LogP contribution in [0, 0.1) is 6.92 Å². The molecule has 1 fully saturated rings. The van der Waals surface area contributed by atoms with E-state index in [-0.39, 0.29) is 29.3 Å². The van der Waals surface area contributed by atoms with Gasteiger partial charge in [-0.1, -0.05) is 17.7 Å². The number of nitrogens with one attached hydrogen (secondary N) is 3. The number of sulfonamides is 1. The maximum atomic E-state index is 12.0. The van der Waals surface area contributed by atoms with Gasteiger partial charge in [0.05, 0.1) is 10.9 Å². The zero-order chi connectivity index (χ0) is 15.3. The van der Waals surface area contributed by atoms with Crippen LogP contribution in [0.4, 0.5) is 0 Å². The fourth-order valence-electron chi connectivity index (χ4n) is 1.94. The number of carbonyl (C=O) groups is 1. The van der Waals surface area contributed by atoms with Crippen molar-refractivity contribution >= 4 is 28.3 Å². The Bertz CT molecular complexity index is 586. The third-order valence-electron chi connectivity index (χ3n) is 3.42. The van der Waals surface area contributed by atoms with Crippen molar-refractivity contribution in [2.75, 3.05) is 19.6 Å². The van der Waals surface area contributed by atoms with E-state index in [1.165, 1.54) is 0 Å². The van der Waals surface area contributed by atoms with E-state index in [9.17, 15) is 13.2 Å². The summed E-state index contributed by atoms with van der Waals surface area (Å²) >= 11 is 0. The fourth-order valence-corrected chi connectivity index (χ4v) is 3.02. The standard InChI is InChI=1S/C14H21N3O3S.ClH/c1-11-3-5-12(6-4-11)21(19,20)17-9-2-8-16-14(18)13-7-10-15-13;/h3-6,13,15,17H,2,7-10H2,1H3,(H,16,18);1H. The van der Waals surface area contributed by atoms with E-state index in [0.717, 1.165) is 18.5 Å². The number of aryl methyl sites for hydroxylation is 1. The minimum absolute atomic E-state index is 0. The predicted octanol–water partition coefficient (Wildman–Crippen LogP) is 0.563. The van der Waals surface area contributed by atoms with Crippen LogP contribution >= 0.6 is 12.4 Å². The first-order chi connectivity index (χ1) is 9.99. The average Bonchev–Trinajstić information content (AvgIpc) is 2.36. The van der Waals surface area contributed by atoms with Crippen LogP contribution in [0.25, 0.3) is 0 Å². The molecule has 1 aliphatic heterocycles. The monoisotopic (exact) mass is 347 g/mol. The molecule has 1 aromatic rings. The maximum absolute atomic E-state index is 12.0. The van der Waals surface area contributed by atoms with Crippen LogP contribution in [0.5, 0.6) is 0 Å². The van der Waals surface area contributed by atoms with Gasteiger partial charge in [-0.05, 0) is 38.4 Å². The van der Waals surface area contributed by atoms with Gasteiger partial charge < -0.3 is 10.6 Å². The molecule has 0 radical (unpaired) electrons. The first-order valence-electron chi connectivity index (χ1n) is 7.06. The Labute approximate surface area is 137 Å². The SMILES string of the molecule is Cc1ccc(S(=O)(=O)NCCCNC(=O)C2CCN2)cc1.Cl. The summed E-state index contributed by atoms with van der Waals surface area (Å²) in [6.07, 6.45) is 1.43. The number of halogens is 1. The highest BCUT2D eigenvalue weighted by molar-refractivity contribution is 7.89. The smallest absolute Gasteiger partial charge is 0.240 e. The molecule has 8 heteroatoms. The normalized spacial score (nSPS) is 17.2. The second-order valence-electron chi connectivity index (χ2n) is 5.15. The van der Waals surface area contributed by atoms with Gasteiger partial charge in [0, 0.05) is 13.1 Å². The molecule has 0 aliphatic carbocycles. The van der Waals surface area contributed by atoms with E-state index in [1.54, 1.807) is 24.3 Å². The summed E-state index contributed by atoms with van der Waals surface area (Å²) in [5, 5.41) is 5.79. The number of rotatable bonds is 7. The molecular formula is C14H22ClN3O3S. The summed E-state index contributed by atoms with van der Waals surface area (Å²) < 4.78 is 26.5. The highest BCUT2D eigenvalue weighted by Crippen LogP contribution is 2.09. The Morgan fingerprint density at radius 1 is 1.27 bits per heavy atom. The lowest BCUT2D eigenvalue weighted by Gasteiger charge is -2.26. The van der Waals surface area contributed by atoms with Gasteiger partial charge in [0.25, 0.3) is 0 Å². The molecule has 1 heterocycles. The molecule has 1 saturated heterocycles. The summed E-state index contributed by atoms with van der Waals surface area (Å²) in [6, 6.07) is 6.62. The first-order valence-corrected chi connectivity index (χ1v) is 8.55. The molecule has 22 heavy (non-hydrogen) atoms. The molecule has 6 nitrogen and oxygen atoms in total. The molecule has 1 aromatic carbocycles. The number of hydrogen-bond donors (Lipinski definition) is 3. The van der Waals surface area contributed by atoms with Gasteiger partial charge in [0.15, 0.2) is 0 Å². The summed E-state index contributed by atoms with van der Waals surface area (Å²) in [6.45, 7) is 3.56. The first kappa shape index (κ1) is 18.9. The van der Waals surface area contributed by atoms with Crippen molar-refractivity contribution in [2.24, 2.45) is 0 Å². The van der Waals surface area contributed by atoms with Crippen LogP contribution in [0.3, 0.4) is 0 Å². The molecule has 1 unspecified atom stereocenters. The lowest BCUT2D eigenvalue weighted by Crippen LogP contribution is -2.53. The summed E-state index contributed by atoms with van der Waals surface area (Å²) in [7, 11) is -3.46. The minimum atomic E-state index is -3.46. The van der Waals surface area contributed by atoms with Gasteiger partial charge in [-0.2, -0.15) is 0 Å². The highest BCUT2D eigenvalue weighted by atomic mass is 35.5. The Hall–Kier alpha value is -1.15. The Morgan fingerprint density at radius 3 is 2.45 bits per heavy atom. The Kier molecular flexibility index (Phi) is 7.28. The van der Waals surface area contributed by atoms with Crippen molar-refractivity contribution in [2.45, 2.75) is 30.7 Å². The van der Waals surface area contributed by atoms with Crippen LogP contribution in [-0.2, 0) is 14.8 Å². The Balaban J connectivity index is 0.00000242. The van der Waals surface area contributed by atoms with E-state index >= 15 is 0 Å². The van der Waals surface area contributed by atoms with Gasteiger partial charge in [0.2, 0.25) is 15.9 Å². The quantitative estimate of drug-likeness (QED) is 0.629. The van der Waals surface area contributed by atoms with E-state index < -0.39 is 10.0 Å². The molecule has 1 atom stereocenters. The predicted molar refractivity (Wildman–Crippen MR) is 87.6 cm³/mol. The second-order valence-corrected chi connectivity index (χ2v) is 6.92. The van der Waals surface area contributed by atoms with Crippen molar-refractivity contribution in [3.05, 3.63) is 29.8 Å². The zero-order valence-electron chi connectivity index (χ0n) is 12.5. The van der Waals surface area contributed by atoms with E-state index in [2.05, 4.69) is 15.4 Å². The summed E-state index contributed by atoms with van der Waals surface area (Å²) in [4.78, 5) is 11.8. The van der Waals surface area contributed by atoms with Gasteiger partial charge in [-0.3, -0.25) is 4.79 Å². The number of benzene rings is 1. The maximum Gasteiger partial charge on any atom is 0.240 e. The topological polar surface area (TPSA) is 87.3 Å². The van der Waals surface area contributed by atoms with Crippen LogP contribution in [0.15, 0.2) is 29.2 Å². The lowest BCUT2D eigenvalue weighted by atomic mass is 10.1. The molecule has 3 N–H and O–H groups in total. The van der Waals surface area contributed by atoms with Crippen molar-refractivity contribution in [1.82, 2.24) is 15.4 Å². The van der Waals surface area contributed by atoms with Crippen LogP contribution < -0.4 is 15.4 Å². The molecule has 1 aliphatic rings. The van der Waals surface area contributed by atoms with Crippen molar-refractivity contribution in [1.29, 1.82) is 0 Å². The largest absolute Gasteiger partial charge is 0.355 e. The van der Waals surface area contributed by atoms with Gasteiger partial charge in [-0.25, -0.2) is 13.1 Å². The van der Waals surface area contributed by atoms with E-state index in [0.29, 0.717) is 19.5 Å². The molecule has 1 amide bonds. The number of carbonyl (C=O) groups excluding carboxylic acids is 1. The molecule has 0 spiro atoms. The van der Waals surface area contributed by atoms with Crippen molar-refractivity contribution in [3.8, 4) is 0 Å². The molecule has 124 valence electrons. The van der Waals surface area contributed by atoms with E-state index in [4.69, 9.17) is 0 Å². The fraction of sp³-hybridized carbons (Fsp3) is 0.500. The molecule has 2 rings (SSSR count). The molecule has 0 aromatic heterocycles. The lowest BCUT2D eigenvalue weighted by molar-refractivity contribution is -0.124. The third kappa shape index (κ3) is 5.24. The minimum Gasteiger partial charge on any atom is -0.355 e. The average molecular weight is 348 g/mol. The summed E-state index contributed by atoms with van der Waals surface area (Å²) in [5.74, 6) is -0.0114. The third-order valence-corrected chi connectivity index (χ3v) is 4.89. The van der Waals surface area contributed by atoms with Gasteiger partial charge in [-0.15, -0.1) is 12.4 Å².